The van der Waals surface area contributed by atoms with Crippen LogP contribution >= 0.6 is 15.9 Å². The summed E-state index contributed by atoms with van der Waals surface area (Å²) in [5.41, 5.74) is 2.16. The van der Waals surface area contributed by atoms with Crippen LogP contribution in [0.2, 0.25) is 0 Å². The summed E-state index contributed by atoms with van der Waals surface area (Å²) >= 11 is 3.31. The van der Waals surface area contributed by atoms with E-state index in [0.29, 0.717) is 17.6 Å². The fourth-order valence-electron chi connectivity index (χ4n) is 2.00. The number of hydrogen-bond acceptors (Lipinski definition) is 4. The third kappa shape index (κ3) is 4.12. The van der Waals surface area contributed by atoms with Crippen LogP contribution in [0.1, 0.15) is 11.1 Å². The van der Waals surface area contributed by atoms with Gasteiger partial charge in [0, 0.05) is 24.7 Å². The molecule has 4 nitrogen and oxygen atoms in total. The summed E-state index contributed by atoms with van der Waals surface area (Å²) in [7, 11) is 3.28. The molecule has 0 aromatic heterocycles. The van der Waals surface area contributed by atoms with E-state index in [2.05, 4.69) is 21.2 Å². The number of hydrogen-bond donors (Lipinski definition) is 2. The summed E-state index contributed by atoms with van der Waals surface area (Å²) in [6, 6.07) is 11.2. The zero-order valence-corrected chi connectivity index (χ0v) is 13.6. The Kier molecular flexibility index (Phi) is 5.47. The van der Waals surface area contributed by atoms with Gasteiger partial charge >= 0.3 is 0 Å². The van der Waals surface area contributed by atoms with Gasteiger partial charge in [-0.15, -0.1) is 0 Å². The molecule has 5 heteroatoms. The Bertz CT molecular complexity index is 616. The van der Waals surface area contributed by atoms with Gasteiger partial charge in [0.15, 0.2) is 0 Å². The first-order chi connectivity index (χ1) is 10.1. The number of aromatic hydroxyl groups is 1. The van der Waals surface area contributed by atoms with Crippen LogP contribution in [-0.4, -0.2) is 19.3 Å². The molecule has 0 bridgehead atoms. The highest BCUT2D eigenvalue weighted by Gasteiger charge is 2.05. The average Bonchev–Trinajstić information content (AvgIpc) is 2.51. The lowest BCUT2D eigenvalue weighted by Gasteiger charge is -2.11. The van der Waals surface area contributed by atoms with E-state index in [9.17, 15) is 5.11 Å². The fraction of sp³-hybridized carbons (Fsp3) is 0.250. The van der Waals surface area contributed by atoms with E-state index in [0.717, 1.165) is 22.6 Å². The highest BCUT2D eigenvalue weighted by atomic mass is 79.9. The van der Waals surface area contributed by atoms with Crippen molar-refractivity contribution in [3.63, 3.8) is 0 Å². The molecule has 21 heavy (non-hydrogen) atoms. The highest BCUT2D eigenvalue weighted by Crippen LogP contribution is 2.25. The minimum absolute atomic E-state index is 0.246. The van der Waals surface area contributed by atoms with Crippen molar-refractivity contribution in [2.24, 2.45) is 0 Å². The normalized spacial score (nSPS) is 10.4. The average molecular weight is 352 g/mol. The first-order valence-electron chi connectivity index (χ1n) is 6.53. The van der Waals surface area contributed by atoms with Crippen LogP contribution in [0.4, 0.5) is 0 Å². The number of rotatable bonds is 6. The standard InChI is InChI=1S/C16H18BrNO3/c1-20-13-5-4-12(16(8-13)21-2)10-18-9-11-3-6-15(19)14(17)7-11/h3-8,18-19H,9-10H2,1-2H3. The molecule has 2 N–H and O–H groups in total. The molecule has 0 aliphatic rings. The molecule has 0 saturated carbocycles. The van der Waals surface area contributed by atoms with Gasteiger partial charge in [-0.25, -0.2) is 0 Å². The second kappa shape index (κ2) is 7.33. The molecule has 2 aromatic carbocycles. The van der Waals surface area contributed by atoms with Gasteiger partial charge in [-0.3, -0.25) is 0 Å². The van der Waals surface area contributed by atoms with Gasteiger partial charge in [0.2, 0.25) is 0 Å². The molecular weight excluding hydrogens is 334 g/mol. The third-order valence-corrected chi connectivity index (χ3v) is 3.79. The van der Waals surface area contributed by atoms with Crippen molar-refractivity contribution in [2.45, 2.75) is 13.1 Å². The second-order valence-electron chi connectivity index (χ2n) is 4.57. The predicted molar refractivity (Wildman–Crippen MR) is 85.9 cm³/mol. The van der Waals surface area contributed by atoms with Gasteiger partial charge in [-0.1, -0.05) is 12.1 Å². The van der Waals surface area contributed by atoms with Gasteiger partial charge in [0.1, 0.15) is 17.2 Å². The SMILES string of the molecule is COc1ccc(CNCc2ccc(O)c(Br)c2)c(OC)c1. The lowest BCUT2D eigenvalue weighted by atomic mass is 10.1. The highest BCUT2D eigenvalue weighted by molar-refractivity contribution is 9.10. The molecule has 112 valence electrons. The van der Waals surface area contributed by atoms with Crippen molar-refractivity contribution in [1.82, 2.24) is 5.32 Å². The zero-order chi connectivity index (χ0) is 15.2. The second-order valence-corrected chi connectivity index (χ2v) is 5.42. The summed E-state index contributed by atoms with van der Waals surface area (Å²) < 4.78 is 11.2. The molecule has 2 aromatic rings. The Labute approximate surface area is 132 Å². The van der Waals surface area contributed by atoms with Crippen LogP contribution in [0.3, 0.4) is 0 Å². The largest absolute Gasteiger partial charge is 0.507 e. The smallest absolute Gasteiger partial charge is 0.129 e. The minimum Gasteiger partial charge on any atom is -0.507 e. The van der Waals surface area contributed by atoms with E-state index in [1.54, 1.807) is 20.3 Å². The van der Waals surface area contributed by atoms with Crippen molar-refractivity contribution in [1.29, 1.82) is 0 Å². The van der Waals surface area contributed by atoms with E-state index in [4.69, 9.17) is 9.47 Å². The first-order valence-corrected chi connectivity index (χ1v) is 7.32. The maximum absolute atomic E-state index is 9.47. The van der Waals surface area contributed by atoms with Crippen LogP contribution in [-0.2, 0) is 13.1 Å². The quantitative estimate of drug-likeness (QED) is 0.836. The van der Waals surface area contributed by atoms with Gasteiger partial charge < -0.3 is 19.9 Å². The predicted octanol–water partition coefficient (Wildman–Crippen LogP) is 3.46. The van der Waals surface area contributed by atoms with Gasteiger partial charge in [0.25, 0.3) is 0 Å². The summed E-state index contributed by atoms with van der Waals surface area (Å²) in [4.78, 5) is 0. The van der Waals surface area contributed by atoms with Crippen LogP contribution in [0.25, 0.3) is 0 Å². The van der Waals surface area contributed by atoms with Gasteiger partial charge in [0.05, 0.1) is 18.7 Å². The van der Waals surface area contributed by atoms with Gasteiger partial charge in [-0.2, -0.15) is 0 Å². The molecule has 0 unspecified atom stereocenters. The number of phenols is 1. The monoisotopic (exact) mass is 351 g/mol. The maximum Gasteiger partial charge on any atom is 0.129 e. The molecule has 0 fully saturated rings. The number of methoxy groups -OCH3 is 2. The van der Waals surface area contributed by atoms with E-state index in [1.807, 2.05) is 30.3 Å². The van der Waals surface area contributed by atoms with Crippen molar-refractivity contribution in [3.8, 4) is 17.2 Å². The lowest BCUT2D eigenvalue weighted by molar-refractivity contribution is 0.390. The maximum atomic E-state index is 9.47. The number of ether oxygens (including phenoxy) is 2. The molecule has 0 radical (unpaired) electrons. The van der Waals surface area contributed by atoms with Crippen LogP contribution in [0.5, 0.6) is 17.2 Å². The lowest BCUT2D eigenvalue weighted by Crippen LogP contribution is -2.13. The van der Waals surface area contributed by atoms with E-state index < -0.39 is 0 Å². The fourth-order valence-corrected chi connectivity index (χ4v) is 2.43. The van der Waals surface area contributed by atoms with Crippen molar-refractivity contribution >= 4 is 15.9 Å². The molecule has 0 amide bonds. The topological polar surface area (TPSA) is 50.7 Å². The van der Waals surface area contributed by atoms with E-state index in [-0.39, 0.29) is 5.75 Å². The Morgan fingerprint density at radius 2 is 1.86 bits per heavy atom. The number of phenolic OH excluding ortho intramolecular Hbond substituents is 1. The molecule has 0 aliphatic heterocycles. The summed E-state index contributed by atoms with van der Waals surface area (Å²) in [5, 5.41) is 12.8. The molecule has 0 aliphatic carbocycles. The Morgan fingerprint density at radius 1 is 1.05 bits per heavy atom. The first kappa shape index (κ1) is 15.7. The molecule has 0 spiro atoms. The zero-order valence-electron chi connectivity index (χ0n) is 12.0. The number of benzene rings is 2. The molecule has 0 heterocycles. The number of halogens is 1. The Hall–Kier alpha value is -1.72. The molecular formula is C16H18BrNO3. The van der Waals surface area contributed by atoms with Crippen LogP contribution in [0.15, 0.2) is 40.9 Å². The van der Waals surface area contributed by atoms with Gasteiger partial charge in [-0.05, 0) is 39.7 Å². The van der Waals surface area contributed by atoms with Crippen LogP contribution in [0, 0.1) is 0 Å². The van der Waals surface area contributed by atoms with E-state index in [1.165, 1.54) is 0 Å². The Balaban J connectivity index is 1.98. The number of nitrogens with one attached hydrogen (secondary N) is 1. The molecule has 2 rings (SSSR count). The summed E-state index contributed by atoms with van der Waals surface area (Å²) in [5.74, 6) is 1.82. The van der Waals surface area contributed by atoms with E-state index >= 15 is 0 Å². The minimum atomic E-state index is 0.246. The van der Waals surface area contributed by atoms with Crippen molar-refractivity contribution in [2.75, 3.05) is 14.2 Å². The van der Waals surface area contributed by atoms with Crippen molar-refractivity contribution in [3.05, 3.63) is 52.0 Å². The molecule has 0 saturated heterocycles. The van der Waals surface area contributed by atoms with Crippen LogP contribution < -0.4 is 14.8 Å². The summed E-state index contributed by atoms with van der Waals surface area (Å²) in [6.45, 7) is 1.39. The third-order valence-electron chi connectivity index (χ3n) is 3.15. The summed E-state index contributed by atoms with van der Waals surface area (Å²) in [6.07, 6.45) is 0. The molecule has 0 atom stereocenters. The Morgan fingerprint density at radius 3 is 2.52 bits per heavy atom. The van der Waals surface area contributed by atoms with Crippen molar-refractivity contribution < 1.29 is 14.6 Å².